The van der Waals surface area contributed by atoms with Gasteiger partial charge in [-0.2, -0.15) is 0 Å². The van der Waals surface area contributed by atoms with Crippen LogP contribution in [0.2, 0.25) is 0 Å². The predicted molar refractivity (Wildman–Crippen MR) is 62.0 cm³/mol. The number of methoxy groups -OCH3 is 1. The number of aliphatic hydroxyl groups is 1. The number of hydrogen-bond donors (Lipinski definition) is 1. The van der Waals surface area contributed by atoms with Gasteiger partial charge in [0.2, 0.25) is 0 Å². The predicted octanol–water partition coefficient (Wildman–Crippen LogP) is 1.65. The maximum Gasteiger partial charge on any atom is 0.0527 e. The second-order valence-electron chi connectivity index (χ2n) is 4.62. The summed E-state index contributed by atoms with van der Waals surface area (Å²) < 4.78 is 5.07. The fourth-order valence-electron chi connectivity index (χ4n) is 2.43. The molecule has 1 heterocycles. The Bertz CT molecular complexity index is 162. The average Bonchev–Trinajstić information content (AvgIpc) is 2.20. The molecule has 1 fully saturated rings. The lowest BCUT2D eigenvalue weighted by molar-refractivity contribution is 0.0784. The van der Waals surface area contributed by atoms with Crippen molar-refractivity contribution in [3.05, 3.63) is 0 Å². The van der Waals surface area contributed by atoms with Crippen molar-refractivity contribution in [2.75, 3.05) is 26.8 Å². The fraction of sp³-hybridized carbons (Fsp3) is 1.00. The van der Waals surface area contributed by atoms with Crippen LogP contribution in [-0.4, -0.2) is 49.0 Å². The molecular weight excluding hydrogens is 190 g/mol. The molecule has 1 aliphatic heterocycles. The van der Waals surface area contributed by atoms with Crippen LogP contribution in [0.25, 0.3) is 0 Å². The van der Waals surface area contributed by atoms with E-state index in [1.165, 1.54) is 25.8 Å². The Balaban J connectivity index is 2.29. The van der Waals surface area contributed by atoms with Crippen LogP contribution in [0.1, 0.15) is 39.0 Å². The van der Waals surface area contributed by atoms with E-state index >= 15 is 0 Å². The number of rotatable bonds is 6. The Hall–Kier alpha value is -0.120. The molecule has 2 unspecified atom stereocenters. The first-order valence-electron chi connectivity index (χ1n) is 6.15. The Morgan fingerprint density at radius 1 is 1.47 bits per heavy atom. The van der Waals surface area contributed by atoms with Crippen molar-refractivity contribution >= 4 is 0 Å². The molecule has 0 aromatic heterocycles. The van der Waals surface area contributed by atoms with Crippen molar-refractivity contribution < 1.29 is 9.84 Å². The molecule has 3 nitrogen and oxygen atoms in total. The van der Waals surface area contributed by atoms with Gasteiger partial charge in [0.25, 0.3) is 0 Å². The number of piperidine rings is 1. The topological polar surface area (TPSA) is 32.7 Å². The highest BCUT2D eigenvalue weighted by Gasteiger charge is 2.22. The minimum atomic E-state index is -0.168. The quantitative estimate of drug-likeness (QED) is 0.684. The summed E-state index contributed by atoms with van der Waals surface area (Å²) in [6.07, 6.45) is 5.73. The van der Waals surface area contributed by atoms with E-state index in [1.807, 2.05) is 6.92 Å². The Kier molecular flexibility index (Phi) is 6.22. The van der Waals surface area contributed by atoms with Crippen molar-refractivity contribution in [3.8, 4) is 0 Å². The smallest absolute Gasteiger partial charge is 0.0527 e. The lowest BCUT2D eigenvalue weighted by Crippen LogP contribution is -2.41. The molecule has 0 aliphatic carbocycles. The molecule has 0 aromatic rings. The number of hydrogen-bond acceptors (Lipinski definition) is 3. The molecule has 2 atom stereocenters. The summed E-state index contributed by atoms with van der Waals surface area (Å²) in [6, 6.07) is 0.593. The maximum atomic E-state index is 9.44. The first kappa shape index (κ1) is 12.9. The number of aliphatic hydroxyl groups excluding tert-OH is 1. The standard InChI is InChI=1S/C12H25NO2/c1-11(14)10-12-6-3-4-7-13(12)8-5-9-15-2/h11-12,14H,3-10H2,1-2H3. The molecule has 0 saturated carbocycles. The monoisotopic (exact) mass is 215 g/mol. The highest BCUT2D eigenvalue weighted by Crippen LogP contribution is 2.20. The molecule has 0 aromatic carbocycles. The van der Waals surface area contributed by atoms with E-state index in [0.717, 1.165) is 26.0 Å². The fourth-order valence-corrected chi connectivity index (χ4v) is 2.43. The zero-order valence-corrected chi connectivity index (χ0v) is 10.1. The van der Waals surface area contributed by atoms with Crippen LogP contribution >= 0.6 is 0 Å². The van der Waals surface area contributed by atoms with E-state index in [1.54, 1.807) is 7.11 Å². The maximum absolute atomic E-state index is 9.44. The van der Waals surface area contributed by atoms with Crippen molar-refractivity contribution in [2.45, 2.75) is 51.2 Å². The van der Waals surface area contributed by atoms with Crippen LogP contribution in [0, 0.1) is 0 Å². The second-order valence-corrected chi connectivity index (χ2v) is 4.62. The molecule has 3 heteroatoms. The van der Waals surface area contributed by atoms with Crippen molar-refractivity contribution in [3.63, 3.8) is 0 Å². The van der Waals surface area contributed by atoms with Gasteiger partial charge in [-0.05, 0) is 39.2 Å². The summed E-state index contributed by atoms with van der Waals surface area (Å²) in [4.78, 5) is 2.52. The molecule has 1 N–H and O–H groups in total. The van der Waals surface area contributed by atoms with Crippen molar-refractivity contribution in [1.82, 2.24) is 4.90 Å². The Morgan fingerprint density at radius 3 is 2.93 bits per heavy atom. The van der Waals surface area contributed by atoms with Gasteiger partial charge in [0.15, 0.2) is 0 Å². The first-order valence-corrected chi connectivity index (χ1v) is 6.15. The largest absolute Gasteiger partial charge is 0.393 e. The highest BCUT2D eigenvalue weighted by molar-refractivity contribution is 4.78. The Labute approximate surface area is 93.4 Å². The lowest BCUT2D eigenvalue weighted by Gasteiger charge is -2.36. The number of ether oxygens (including phenoxy) is 1. The van der Waals surface area contributed by atoms with Crippen LogP contribution < -0.4 is 0 Å². The highest BCUT2D eigenvalue weighted by atomic mass is 16.5. The van der Waals surface area contributed by atoms with Gasteiger partial charge < -0.3 is 14.7 Å². The molecule has 0 amide bonds. The number of nitrogens with zero attached hydrogens (tertiary/aromatic N) is 1. The van der Waals surface area contributed by atoms with E-state index in [9.17, 15) is 5.11 Å². The molecule has 1 rings (SSSR count). The summed E-state index contributed by atoms with van der Waals surface area (Å²) in [5.74, 6) is 0. The summed E-state index contributed by atoms with van der Waals surface area (Å²) in [5.41, 5.74) is 0. The van der Waals surface area contributed by atoms with Crippen LogP contribution in [0.3, 0.4) is 0 Å². The lowest BCUT2D eigenvalue weighted by atomic mass is 9.97. The summed E-state index contributed by atoms with van der Waals surface area (Å²) in [7, 11) is 1.75. The minimum Gasteiger partial charge on any atom is -0.393 e. The van der Waals surface area contributed by atoms with Gasteiger partial charge in [0.05, 0.1) is 6.10 Å². The zero-order valence-electron chi connectivity index (χ0n) is 10.1. The first-order chi connectivity index (χ1) is 7.24. The van der Waals surface area contributed by atoms with Gasteiger partial charge in [-0.15, -0.1) is 0 Å². The summed E-state index contributed by atoms with van der Waals surface area (Å²) in [6.45, 7) is 5.05. The van der Waals surface area contributed by atoms with E-state index in [0.29, 0.717) is 6.04 Å². The molecule has 1 aliphatic rings. The average molecular weight is 215 g/mol. The van der Waals surface area contributed by atoms with Gasteiger partial charge in [0, 0.05) is 26.3 Å². The molecular formula is C12H25NO2. The molecule has 15 heavy (non-hydrogen) atoms. The third-order valence-corrected chi connectivity index (χ3v) is 3.16. The SMILES string of the molecule is COCCCN1CCCCC1CC(C)O. The normalized spacial score (nSPS) is 25.4. The van der Waals surface area contributed by atoms with E-state index in [4.69, 9.17) is 4.74 Å². The van der Waals surface area contributed by atoms with E-state index in [2.05, 4.69) is 4.90 Å². The van der Waals surface area contributed by atoms with Crippen LogP contribution in [-0.2, 0) is 4.74 Å². The molecule has 0 bridgehead atoms. The molecule has 1 saturated heterocycles. The third-order valence-electron chi connectivity index (χ3n) is 3.16. The minimum absolute atomic E-state index is 0.168. The zero-order chi connectivity index (χ0) is 11.1. The molecule has 0 spiro atoms. The van der Waals surface area contributed by atoms with Crippen molar-refractivity contribution in [2.24, 2.45) is 0 Å². The van der Waals surface area contributed by atoms with Crippen LogP contribution in [0.4, 0.5) is 0 Å². The van der Waals surface area contributed by atoms with Gasteiger partial charge in [-0.3, -0.25) is 0 Å². The second kappa shape index (κ2) is 7.20. The Morgan fingerprint density at radius 2 is 2.27 bits per heavy atom. The molecule has 0 radical (unpaired) electrons. The van der Waals surface area contributed by atoms with Gasteiger partial charge in [-0.1, -0.05) is 6.42 Å². The van der Waals surface area contributed by atoms with Gasteiger partial charge in [0.1, 0.15) is 0 Å². The number of likely N-dealkylation sites (tertiary alicyclic amines) is 1. The third kappa shape index (κ3) is 4.96. The van der Waals surface area contributed by atoms with Gasteiger partial charge >= 0.3 is 0 Å². The van der Waals surface area contributed by atoms with Crippen LogP contribution in [0.15, 0.2) is 0 Å². The summed E-state index contributed by atoms with van der Waals surface area (Å²) in [5, 5.41) is 9.44. The summed E-state index contributed by atoms with van der Waals surface area (Å²) >= 11 is 0. The van der Waals surface area contributed by atoms with Crippen molar-refractivity contribution in [1.29, 1.82) is 0 Å². The van der Waals surface area contributed by atoms with Crippen LogP contribution in [0.5, 0.6) is 0 Å². The molecule has 90 valence electrons. The van der Waals surface area contributed by atoms with E-state index < -0.39 is 0 Å². The van der Waals surface area contributed by atoms with E-state index in [-0.39, 0.29) is 6.10 Å². The van der Waals surface area contributed by atoms with Gasteiger partial charge in [-0.25, -0.2) is 0 Å².